The van der Waals surface area contributed by atoms with Gasteiger partial charge >= 0.3 is 5.97 Å². The van der Waals surface area contributed by atoms with Crippen molar-refractivity contribution in [3.05, 3.63) is 138 Å². The minimum atomic E-state index is -0.697. The Labute approximate surface area is 193 Å². The fourth-order valence-electron chi connectivity index (χ4n) is 4.55. The normalized spacial score (nSPS) is 11.4. The van der Waals surface area contributed by atoms with Gasteiger partial charge in [0.1, 0.15) is 5.54 Å². The Morgan fingerprint density at radius 2 is 1.30 bits per heavy atom. The van der Waals surface area contributed by atoms with E-state index in [1.807, 2.05) is 49.5 Å². The lowest BCUT2D eigenvalue weighted by molar-refractivity contribution is 0.0526. The van der Waals surface area contributed by atoms with Crippen molar-refractivity contribution < 1.29 is 9.53 Å². The van der Waals surface area contributed by atoms with E-state index in [1.54, 1.807) is 0 Å². The molecular weight excluding hydrogens is 408 g/mol. The number of carbonyl (C=O) groups is 1. The predicted molar refractivity (Wildman–Crippen MR) is 130 cm³/mol. The van der Waals surface area contributed by atoms with E-state index >= 15 is 0 Å². The Morgan fingerprint density at radius 3 is 1.79 bits per heavy atom. The number of aromatic nitrogens is 2. The maximum Gasteiger partial charge on any atom is 0.338 e. The van der Waals surface area contributed by atoms with Gasteiger partial charge in [-0.25, -0.2) is 9.48 Å². The second-order valence-electron chi connectivity index (χ2n) is 7.86. The average Bonchev–Trinajstić information content (AvgIpc) is 3.30. The van der Waals surface area contributed by atoms with Crippen LogP contribution in [0, 0.1) is 0 Å². The van der Waals surface area contributed by atoms with E-state index < -0.39 is 5.54 Å². The number of fused-ring (bicyclic) bond motifs is 1. The first-order valence-corrected chi connectivity index (χ1v) is 11.1. The minimum Gasteiger partial charge on any atom is -0.462 e. The molecule has 0 radical (unpaired) electrons. The second kappa shape index (κ2) is 8.75. The van der Waals surface area contributed by atoms with Crippen LogP contribution in [-0.2, 0) is 10.3 Å². The molecule has 0 N–H and O–H groups in total. The van der Waals surface area contributed by atoms with Crippen molar-refractivity contribution in [2.75, 3.05) is 6.61 Å². The Morgan fingerprint density at radius 1 is 0.788 bits per heavy atom. The Kier molecular flexibility index (Phi) is 5.49. The molecule has 0 unspecified atom stereocenters. The number of carbonyl (C=O) groups excluding carboxylic acids is 1. The first-order chi connectivity index (χ1) is 16.2. The van der Waals surface area contributed by atoms with Gasteiger partial charge in [-0.1, -0.05) is 91.0 Å². The van der Waals surface area contributed by atoms with Gasteiger partial charge < -0.3 is 4.74 Å². The first kappa shape index (κ1) is 20.7. The van der Waals surface area contributed by atoms with E-state index in [4.69, 9.17) is 9.84 Å². The zero-order chi connectivity index (χ0) is 22.7. The molecule has 5 aromatic rings. The molecular formula is C29H24N2O2. The van der Waals surface area contributed by atoms with Gasteiger partial charge in [0.05, 0.1) is 23.9 Å². The van der Waals surface area contributed by atoms with Gasteiger partial charge in [-0.05, 0) is 41.8 Å². The summed E-state index contributed by atoms with van der Waals surface area (Å²) in [4.78, 5) is 12.3. The van der Waals surface area contributed by atoms with E-state index in [1.165, 1.54) is 0 Å². The lowest BCUT2D eigenvalue weighted by Gasteiger charge is -2.37. The van der Waals surface area contributed by atoms with Crippen molar-refractivity contribution in [3.8, 4) is 0 Å². The molecule has 4 nitrogen and oxygen atoms in total. The average molecular weight is 433 g/mol. The van der Waals surface area contributed by atoms with E-state index in [0.29, 0.717) is 12.2 Å². The molecule has 0 saturated carbocycles. The van der Waals surface area contributed by atoms with Crippen LogP contribution in [0.25, 0.3) is 10.9 Å². The van der Waals surface area contributed by atoms with Crippen molar-refractivity contribution in [2.24, 2.45) is 0 Å². The molecule has 1 aromatic heterocycles. The van der Waals surface area contributed by atoms with Crippen LogP contribution < -0.4 is 0 Å². The van der Waals surface area contributed by atoms with E-state index in [9.17, 15) is 4.79 Å². The Balaban J connectivity index is 1.84. The highest BCUT2D eigenvalue weighted by Gasteiger charge is 2.40. The molecule has 5 rings (SSSR count). The van der Waals surface area contributed by atoms with Gasteiger partial charge in [-0.3, -0.25) is 0 Å². The van der Waals surface area contributed by atoms with Crippen LogP contribution in [0.15, 0.2) is 115 Å². The lowest BCUT2D eigenvalue weighted by Crippen LogP contribution is -2.38. The molecule has 0 bridgehead atoms. The van der Waals surface area contributed by atoms with Gasteiger partial charge in [0.2, 0.25) is 0 Å². The standard InChI is InChI=1S/C29H24N2O2/c1-2-33-28(32)22-18-19-27-23(20-22)21-30-31(27)29(24-12-6-3-7-13-24,25-14-8-4-9-15-25)26-16-10-5-11-17-26/h3-21H,2H2,1H3. The molecule has 4 heteroatoms. The van der Waals surface area contributed by atoms with Crippen LogP contribution in [0.5, 0.6) is 0 Å². The lowest BCUT2D eigenvalue weighted by atomic mass is 9.77. The summed E-state index contributed by atoms with van der Waals surface area (Å²) in [5, 5.41) is 5.79. The smallest absolute Gasteiger partial charge is 0.338 e. The largest absolute Gasteiger partial charge is 0.462 e. The van der Waals surface area contributed by atoms with E-state index in [-0.39, 0.29) is 5.97 Å². The molecule has 0 aliphatic heterocycles. The molecule has 0 spiro atoms. The van der Waals surface area contributed by atoms with Crippen LogP contribution >= 0.6 is 0 Å². The molecule has 0 atom stereocenters. The highest BCUT2D eigenvalue weighted by Crippen LogP contribution is 2.42. The van der Waals surface area contributed by atoms with Crippen molar-refractivity contribution in [1.29, 1.82) is 0 Å². The van der Waals surface area contributed by atoms with E-state index in [2.05, 4.69) is 77.5 Å². The van der Waals surface area contributed by atoms with Crippen LogP contribution in [-0.4, -0.2) is 22.4 Å². The third-order valence-corrected chi connectivity index (χ3v) is 5.97. The van der Waals surface area contributed by atoms with Crippen molar-refractivity contribution in [1.82, 2.24) is 9.78 Å². The number of ether oxygens (including phenoxy) is 1. The number of rotatable bonds is 6. The number of hydrogen-bond acceptors (Lipinski definition) is 3. The third-order valence-electron chi connectivity index (χ3n) is 5.97. The van der Waals surface area contributed by atoms with Gasteiger partial charge in [0.25, 0.3) is 0 Å². The minimum absolute atomic E-state index is 0.326. The summed E-state index contributed by atoms with van der Waals surface area (Å²) >= 11 is 0. The van der Waals surface area contributed by atoms with Crippen molar-refractivity contribution in [2.45, 2.75) is 12.5 Å². The van der Waals surface area contributed by atoms with Gasteiger partial charge in [0, 0.05) is 5.39 Å². The molecule has 0 saturated heterocycles. The summed E-state index contributed by atoms with van der Waals surface area (Å²) < 4.78 is 7.26. The molecule has 162 valence electrons. The number of nitrogens with zero attached hydrogens (tertiary/aromatic N) is 2. The van der Waals surface area contributed by atoms with Crippen LogP contribution in [0.3, 0.4) is 0 Å². The summed E-state index contributed by atoms with van der Waals surface area (Å²) in [7, 11) is 0. The molecule has 0 fully saturated rings. The van der Waals surface area contributed by atoms with E-state index in [0.717, 1.165) is 27.6 Å². The molecule has 33 heavy (non-hydrogen) atoms. The van der Waals surface area contributed by atoms with Crippen LogP contribution in [0.1, 0.15) is 34.0 Å². The van der Waals surface area contributed by atoms with Crippen LogP contribution in [0.2, 0.25) is 0 Å². The predicted octanol–water partition coefficient (Wildman–Crippen LogP) is 6.05. The second-order valence-corrected chi connectivity index (χ2v) is 7.86. The highest BCUT2D eigenvalue weighted by atomic mass is 16.5. The van der Waals surface area contributed by atoms with Gasteiger partial charge in [-0.15, -0.1) is 0 Å². The molecule has 4 aromatic carbocycles. The SMILES string of the molecule is CCOC(=O)c1ccc2c(cnn2C(c2ccccc2)(c2ccccc2)c2ccccc2)c1. The summed E-state index contributed by atoms with van der Waals surface area (Å²) in [6, 6.07) is 36.9. The molecule has 1 heterocycles. The molecule has 0 aliphatic carbocycles. The molecule has 0 amide bonds. The number of esters is 1. The number of hydrogen-bond donors (Lipinski definition) is 0. The topological polar surface area (TPSA) is 44.1 Å². The summed E-state index contributed by atoms with van der Waals surface area (Å²) in [5.74, 6) is -0.326. The van der Waals surface area contributed by atoms with Crippen molar-refractivity contribution in [3.63, 3.8) is 0 Å². The van der Waals surface area contributed by atoms with Crippen LogP contribution in [0.4, 0.5) is 0 Å². The maximum absolute atomic E-state index is 12.3. The fourth-order valence-corrected chi connectivity index (χ4v) is 4.55. The Hall–Kier alpha value is -4.18. The quantitative estimate of drug-likeness (QED) is 0.242. The summed E-state index contributed by atoms with van der Waals surface area (Å²) in [5.41, 5.74) is 4.05. The zero-order valence-electron chi connectivity index (χ0n) is 18.4. The van der Waals surface area contributed by atoms with Gasteiger partial charge in [0.15, 0.2) is 0 Å². The Bertz CT molecular complexity index is 1280. The van der Waals surface area contributed by atoms with Crippen molar-refractivity contribution >= 4 is 16.9 Å². The third kappa shape index (κ3) is 3.50. The summed E-state index contributed by atoms with van der Waals surface area (Å²) in [6.07, 6.45) is 1.82. The zero-order valence-corrected chi connectivity index (χ0v) is 18.4. The van der Waals surface area contributed by atoms with Gasteiger partial charge in [-0.2, -0.15) is 5.10 Å². The monoisotopic (exact) mass is 432 g/mol. The maximum atomic E-state index is 12.3. The molecule has 0 aliphatic rings. The highest BCUT2D eigenvalue weighted by molar-refractivity contribution is 5.94. The summed E-state index contributed by atoms with van der Waals surface area (Å²) in [6.45, 7) is 2.15. The first-order valence-electron chi connectivity index (χ1n) is 11.1. The fraction of sp³-hybridized carbons (Fsp3) is 0.103. The number of benzene rings is 4.